The Morgan fingerprint density at radius 1 is 1.32 bits per heavy atom. The Morgan fingerprint density at radius 3 is 2.68 bits per heavy atom. The number of rotatable bonds is 4. The number of likely N-dealkylation sites (N-methyl/N-ethyl adjacent to an activating group) is 1. The molecule has 3 heterocycles. The number of aromatic hydroxyl groups is 1. The number of thiophene rings is 1. The predicted molar refractivity (Wildman–Crippen MR) is 127 cm³/mol. The molecule has 5 heteroatoms. The van der Waals surface area contributed by atoms with Crippen LogP contribution in [0.1, 0.15) is 68.1 Å². The van der Waals surface area contributed by atoms with Crippen LogP contribution in [0.2, 0.25) is 0 Å². The van der Waals surface area contributed by atoms with E-state index in [1.807, 2.05) is 18.0 Å². The fourth-order valence-corrected chi connectivity index (χ4v) is 5.57. The lowest BCUT2D eigenvalue weighted by Gasteiger charge is -2.40. The summed E-state index contributed by atoms with van der Waals surface area (Å²) >= 11 is 1.75. The molecule has 1 N–H and O–H groups in total. The fraction of sp³-hybridized carbons (Fsp3) is 0.500. The highest BCUT2D eigenvalue weighted by Crippen LogP contribution is 2.50. The minimum absolute atomic E-state index is 0.0844. The van der Waals surface area contributed by atoms with Gasteiger partial charge in [0, 0.05) is 29.9 Å². The second-order valence-corrected chi connectivity index (χ2v) is 11.3. The number of fused-ring (bicyclic) bond motifs is 3. The van der Waals surface area contributed by atoms with Crippen LogP contribution in [0.15, 0.2) is 41.4 Å². The molecular weight excluding hydrogens is 404 g/mol. The van der Waals surface area contributed by atoms with Gasteiger partial charge >= 0.3 is 0 Å². The number of nitrogens with zero attached hydrogens (tertiary/aromatic N) is 2. The van der Waals surface area contributed by atoms with Gasteiger partial charge in [-0.1, -0.05) is 19.9 Å². The Balaban J connectivity index is 1.79. The number of hydrogen-bond donors (Lipinski definition) is 1. The minimum atomic E-state index is -0.238. The third kappa shape index (κ3) is 4.00. The van der Waals surface area contributed by atoms with Gasteiger partial charge in [0.05, 0.1) is 11.7 Å². The summed E-state index contributed by atoms with van der Waals surface area (Å²) in [5, 5.41) is 12.7. The van der Waals surface area contributed by atoms with Crippen molar-refractivity contribution in [2.45, 2.75) is 65.0 Å². The molecule has 1 aromatic heterocycles. The lowest BCUT2D eigenvalue weighted by Crippen LogP contribution is -2.46. The highest BCUT2D eigenvalue weighted by atomic mass is 32.1. The number of benzene rings is 1. The first-order valence-electron chi connectivity index (χ1n) is 11.2. The summed E-state index contributed by atoms with van der Waals surface area (Å²) < 4.78 is 0. The number of carbonyl (C=O) groups excluding carboxylic acids is 1. The Labute approximate surface area is 190 Å². The van der Waals surface area contributed by atoms with Crippen LogP contribution < -0.4 is 0 Å². The van der Waals surface area contributed by atoms with Crippen molar-refractivity contribution in [1.82, 2.24) is 9.80 Å². The molecule has 2 aliphatic rings. The van der Waals surface area contributed by atoms with Crippen molar-refractivity contribution in [1.29, 1.82) is 0 Å². The van der Waals surface area contributed by atoms with Gasteiger partial charge in [0.15, 0.2) is 0 Å². The van der Waals surface area contributed by atoms with Crippen LogP contribution in [0.3, 0.4) is 0 Å². The molecule has 0 spiro atoms. The fourth-order valence-electron chi connectivity index (χ4n) is 4.74. The Bertz CT molecular complexity index is 1000. The standard InChI is InChI=1S/C26H34N2O2S/c1-16(2)12-18-13-19-17(14-22(18)29)9-10-28-21(25(30)27(6)26(3,4)5)15-20(24(19)28)23-8-7-11-31-23/h7-8,11,13-16,20,24,29H,9-10,12H2,1-6H3. The highest BCUT2D eigenvalue weighted by Gasteiger charge is 2.44. The Kier molecular flexibility index (Phi) is 5.67. The van der Waals surface area contributed by atoms with Gasteiger partial charge in [0.2, 0.25) is 0 Å². The van der Waals surface area contributed by atoms with E-state index in [0.29, 0.717) is 11.7 Å². The first-order chi connectivity index (χ1) is 14.6. The van der Waals surface area contributed by atoms with Gasteiger partial charge in [0.25, 0.3) is 5.91 Å². The van der Waals surface area contributed by atoms with Gasteiger partial charge in [-0.3, -0.25) is 4.79 Å². The van der Waals surface area contributed by atoms with E-state index in [0.717, 1.165) is 30.6 Å². The summed E-state index contributed by atoms with van der Waals surface area (Å²) in [7, 11) is 1.90. The molecule has 2 atom stereocenters. The first-order valence-corrected chi connectivity index (χ1v) is 12.1. The maximum atomic E-state index is 13.5. The van der Waals surface area contributed by atoms with E-state index in [9.17, 15) is 9.90 Å². The maximum Gasteiger partial charge on any atom is 0.270 e. The summed E-state index contributed by atoms with van der Waals surface area (Å²) in [5.41, 5.74) is 4.05. The molecule has 0 saturated carbocycles. The van der Waals surface area contributed by atoms with E-state index in [1.54, 1.807) is 11.3 Å². The van der Waals surface area contributed by atoms with Crippen molar-refractivity contribution in [2.24, 2.45) is 5.92 Å². The van der Waals surface area contributed by atoms with Crippen LogP contribution in [0.5, 0.6) is 5.75 Å². The van der Waals surface area contributed by atoms with Crippen molar-refractivity contribution in [3.8, 4) is 5.75 Å². The van der Waals surface area contributed by atoms with E-state index in [4.69, 9.17) is 0 Å². The molecule has 1 amide bonds. The molecule has 0 bridgehead atoms. The topological polar surface area (TPSA) is 43.8 Å². The summed E-state index contributed by atoms with van der Waals surface area (Å²) in [6.07, 6.45) is 3.87. The van der Waals surface area contributed by atoms with Gasteiger partial charge in [0.1, 0.15) is 5.75 Å². The van der Waals surface area contributed by atoms with Gasteiger partial charge in [-0.25, -0.2) is 0 Å². The molecule has 166 valence electrons. The molecular formula is C26H34N2O2S. The number of hydrogen-bond acceptors (Lipinski definition) is 4. The number of amides is 1. The summed E-state index contributed by atoms with van der Waals surface area (Å²) in [6.45, 7) is 11.4. The lowest BCUT2D eigenvalue weighted by molar-refractivity contribution is -0.131. The summed E-state index contributed by atoms with van der Waals surface area (Å²) in [5.74, 6) is 1.10. The molecule has 2 unspecified atom stereocenters. The SMILES string of the molecule is CC(C)Cc1cc2c(cc1O)CCN1C(C(=O)N(C)C(C)(C)C)=CC(c3cccs3)C21. The largest absolute Gasteiger partial charge is 0.508 e. The lowest BCUT2D eigenvalue weighted by atomic mass is 9.84. The van der Waals surface area contributed by atoms with Crippen molar-refractivity contribution in [2.75, 3.05) is 13.6 Å². The average molecular weight is 439 g/mol. The molecule has 0 aliphatic carbocycles. The molecule has 0 radical (unpaired) electrons. The third-order valence-corrected chi connectivity index (χ3v) is 7.61. The zero-order chi connectivity index (χ0) is 22.5. The monoisotopic (exact) mass is 438 g/mol. The average Bonchev–Trinajstić information content (AvgIpc) is 3.34. The molecule has 0 saturated heterocycles. The van der Waals surface area contributed by atoms with Crippen LogP contribution in [0.25, 0.3) is 0 Å². The van der Waals surface area contributed by atoms with Crippen LogP contribution in [0.4, 0.5) is 0 Å². The van der Waals surface area contributed by atoms with Crippen LogP contribution >= 0.6 is 11.3 Å². The van der Waals surface area contributed by atoms with Crippen molar-refractivity contribution in [3.05, 3.63) is 63.0 Å². The Morgan fingerprint density at radius 2 is 2.06 bits per heavy atom. The van der Waals surface area contributed by atoms with Gasteiger partial charge < -0.3 is 14.9 Å². The molecule has 4 rings (SSSR count). The van der Waals surface area contributed by atoms with Gasteiger partial charge in [-0.05, 0) is 85.9 Å². The van der Waals surface area contributed by atoms with Gasteiger partial charge in [-0.15, -0.1) is 11.3 Å². The first kappa shape index (κ1) is 21.9. The molecule has 2 aromatic rings. The number of phenolic OH excluding ortho intramolecular Hbond substituents is 1. The van der Waals surface area contributed by atoms with E-state index in [-0.39, 0.29) is 23.4 Å². The molecule has 2 aliphatic heterocycles. The van der Waals surface area contributed by atoms with Crippen molar-refractivity contribution >= 4 is 17.2 Å². The van der Waals surface area contributed by atoms with E-state index in [1.165, 1.54) is 16.0 Å². The molecule has 31 heavy (non-hydrogen) atoms. The van der Waals surface area contributed by atoms with E-state index >= 15 is 0 Å². The van der Waals surface area contributed by atoms with E-state index < -0.39 is 0 Å². The Hall–Kier alpha value is -2.27. The third-order valence-electron chi connectivity index (χ3n) is 6.63. The highest BCUT2D eigenvalue weighted by molar-refractivity contribution is 7.10. The van der Waals surface area contributed by atoms with Crippen molar-refractivity contribution < 1.29 is 9.90 Å². The smallest absolute Gasteiger partial charge is 0.270 e. The number of phenols is 1. The van der Waals surface area contributed by atoms with Crippen molar-refractivity contribution in [3.63, 3.8) is 0 Å². The maximum absolute atomic E-state index is 13.5. The zero-order valence-corrected chi connectivity index (χ0v) is 20.3. The quantitative estimate of drug-likeness (QED) is 0.686. The normalized spacial score (nSPS) is 20.5. The predicted octanol–water partition coefficient (Wildman–Crippen LogP) is 5.49. The summed E-state index contributed by atoms with van der Waals surface area (Å²) in [6, 6.07) is 8.54. The molecule has 1 aromatic carbocycles. The van der Waals surface area contributed by atoms with Gasteiger partial charge in [-0.2, -0.15) is 0 Å². The second-order valence-electron chi connectivity index (χ2n) is 10.3. The second kappa shape index (κ2) is 8.01. The molecule has 0 fully saturated rings. The number of carbonyl (C=O) groups is 1. The zero-order valence-electron chi connectivity index (χ0n) is 19.5. The van der Waals surface area contributed by atoms with E-state index in [2.05, 4.69) is 69.2 Å². The van der Waals surface area contributed by atoms with Crippen LogP contribution in [-0.2, 0) is 17.6 Å². The van der Waals surface area contributed by atoms with Crippen LogP contribution in [-0.4, -0.2) is 39.9 Å². The molecule has 4 nitrogen and oxygen atoms in total. The minimum Gasteiger partial charge on any atom is -0.508 e. The summed E-state index contributed by atoms with van der Waals surface area (Å²) in [4.78, 5) is 19.0. The van der Waals surface area contributed by atoms with Crippen LogP contribution in [0, 0.1) is 5.92 Å².